The van der Waals surface area contributed by atoms with E-state index in [1.165, 1.54) is 24.1 Å². The topological polar surface area (TPSA) is 96.0 Å². The van der Waals surface area contributed by atoms with Crippen molar-refractivity contribution in [2.75, 3.05) is 24.5 Å². The van der Waals surface area contributed by atoms with Crippen molar-refractivity contribution in [3.63, 3.8) is 0 Å². The van der Waals surface area contributed by atoms with Crippen molar-refractivity contribution < 1.29 is 22.7 Å². The molecule has 8 nitrogen and oxygen atoms in total. The molecular weight excluding hydrogens is 490 g/mol. The van der Waals surface area contributed by atoms with Gasteiger partial charge in [-0.1, -0.05) is 48.5 Å². The quantitative estimate of drug-likeness (QED) is 0.413. The molecule has 0 spiro atoms. The average Bonchev–Trinajstić information content (AvgIpc) is 2.91. The fourth-order valence-electron chi connectivity index (χ4n) is 3.89. The van der Waals surface area contributed by atoms with Crippen molar-refractivity contribution in [2.24, 2.45) is 0 Å². The summed E-state index contributed by atoms with van der Waals surface area (Å²) in [5.41, 5.74) is 2.11. The number of likely N-dealkylation sites (N-methyl/N-ethyl adjacent to an activating group) is 1. The monoisotopic (exact) mass is 523 g/mol. The van der Waals surface area contributed by atoms with Crippen molar-refractivity contribution in [1.29, 1.82) is 0 Å². The Labute approximate surface area is 218 Å². The highest BCUT2D eigenvalue weighted by atomic mass is 32.2. The van der Waals surface area contributed by atoms with Gasteiger partial charge in [-0.25, -0.2) is 8.42 Å². The molecule has 1 atom stereocenters. The second-order valence-corrected chi connectivity index (χ2v) is 10.4. The molecule has 196 valence electrons. The van der Waals surface area contributed by atoms with Crippen LogP contribution in [0.5, 0.6) is 5.75 Å². The Kier molecular flexibility index (Phi) is 9.30. The first-order chi connectivity index (χ1) is 17.7. The van der Waals surface area contributed by atoms with Crippen molar-refractivity contribution in [2.45, 2.75) is 38.3 Å². The molecule has 0 unspecified atom stereocenters. The number of rotatable bonds is 11. The van der Waals surface area contributed by atoms with Gasteiger partial charge in [-0.2, -0.15) is 0 Å². The molecule has 9 heteroatoms. The number of hydrogen-bond acceptors (Lipinski definition) is 5. The first-order valence-electron chi connectivity index (χ1n) is 12.0. The number of carbonyl (C=O) groups excluding carboxylic acids is 2. The number of sulfonamides is 1. The molecule has 0 fully saturated rings. The number of carbonyl (C=O) groups is 2. The molecule has 1 N–H and O–H groups in total. The number of aryl methyl sites for hydroxylation is 1. The van der Waals surface area contributed by atoms with Crippen LogP contribution in [0.15, 0.2) is 83.8 Å². The van der Waals surface area contributed by atoms with Crippen molar-refractivity contribution in [3.8, 4) is 5.75 Å². The highest BCUT2D eigenvalue weighted by Crippen LogP contribution is 2.27. The molecule has 0 aliphatic rings. The molecule has 0 aliphatic carbocycles. The van der Waals surface area contributed by atoms with Gasteiger partial charge in [0, 0.05) is 19.2 Å². The Hall–Kier alpha value is -3.85. The molecule has 0 radical (unpaired) electrons. The van der Waals surface area contributed by atoms with Crippen LogP contribution in [0.2, 0.25) is 0 Å². The van der Waals surface area contributed by atoms with E-state index in [0.29, 0.717) is 12.3 Å². The molecule has 3 rings (SSSR count). The highest BCUT2D eigenvalue weighted by Gasteiger charge is 2.32. The van der Waals surface area contributed by atoms with E-state index in [-0.39, 0.29) is 23.0 Å². The minimum atomic E-state index is -4.12. The summed E-state index contributed by atoms with van der Waals surface area (Å²) in [6, 6.07) is 21.2. The van der Waals surface area contributed by atoms with Crippen LogP contribution in [0.1, 0.15) is 25.0 Å². The van der Waals surface area contributed by atoms with Crippen LogP contribution >= 0.6 is 0 Å². The Morgan fingerprint density at radius 3 is 2.30 bits per heavy atom. The first kappa shape index (κ1) is 27.7. The van der Waals surface area contributed by atoms with Gasteiger partial charge in [-0.05, 0) is 56.2 Å². The Balaban J connectivity index is 2.05. The van der Waals surface area contributed by atoms with Gasteiger partial charge >= 0.3 is 0 Å². The maximum atomic E-state index is 13.8. The number of amides is 2. The number of hydrogen-bond donors (Lipinski definition) is 1. The summed E-state index contributed by atoms with van der Waals surface area (Å²) in [5, 5.41) is 2.76. The summed E-state index contributed by atoms with van der Waals surface area (Å²) in [5.74, 6) is -0.377. The third kappa shape index (κ3) is 6.68. The normalized spacial score (nSPS) is 11.9. The van der Waals surface area contributed by atoms with Crippen molar-refractivity contribution in [3.05, 3.63) is 90.0 Å². The fraction of sp³-hybridized carbons (Fsp3) is 0.286. The Morgan fingerprint density at radius 2 is 1.65 bits per heavy atom. The van der Waals surface area contributed by atoms with Gasteiger partial charge in [-0.3, -0.25) is 13.9 Å². The van der Waals surface area contributed by atoms with Crippen LogP contribution in [-0.4, -0.2) is 51.4 Å². The third-order valence-corrected chi connectivity index (χ3v) is 7.86. The number of benzene rings is 3. The molecule has 0 saturated heterocycles. The van der Waals surface area contributed by atoms with E-state index in [1.54, 1.807) is 56.3 Å². The molecule has 3 aromatic rings. The van der Waals surface area contributed by atoms with Gasteiger partial charge in [0.2, 0.25) is 11.8 Å². The minimum Gasteiger partial charge on any atom is -0.497 e. The zero-order chi connectivity index (χ0) is 27.0. The zero-order valence-corrected chi connectivity index (χ0v) is 22.4. The Bertz CT molecular complexity index is 1330. The first-order valence-corrected chi connectivity index (χ1v) is 13.5. The lowest BCUT2D eigenvalue weighted by atomic mass is 10.1. The summed E-state index contributed by atoms with van der Waals surface area (Å²) < 4.78 is 33.8. The maximum absolute atomic E-state index is 13.8. The number of nitrogens with one attached hydrogen (secondary N) is 1. The van der Waals surface area contributed by atoms with Crippen LogP contribution in [0.3, 0.4) is 0 Å². The largest absolute Gasteiger partial charge is 0.497 e. The molecule has 0 heterocycles. The highest BCUT2D eigenvalue weighted by molar-refractivity contribution is 7.92. The van der Waals surface area contributed by atoms with E-state index < -0.39 is 28.5 Å². The molecule has 0 bridgehead atoms. The van der Waals surface area contributed by atoms with Crippen LogP contribution in [0.4, 0.5) is 5.69 Å². The number of anilines is 1. The van der Waals surface area contributed by atoms with Gasteiger partial charge in [0.15, 0.2) is 0 Å². The summed E-state index contributed by atoms with van der Waals surface area (Å²) >= 11 is 0. The predicted molar refractivity (Wildman–Crippen MR) is 144 cm³/mol. The number of nitrogens with zero attached hydrogens (tertiary/aromatic N) is 2. The van der Waals surface area contributed by atoms with Crippen molar-refractivity contribution >= 4 is 27.5 Å². The lowest BCUT2D eigenvalue weighted by molar-refractivity contribution is -0.139. The van der Waals surface area contributed by atoms with Gasteiger partial charge in [0.1, 0.15) is 18.3 Å². The smallest absolute Gasteiger partial charge is 0.264 e. The summed E-state index contributed by atoms with van der Waals surface area (Å²) in [4.78, 5) is 28.1. The fourth-order valence-corrected chi connectivity index (χ4v) is 5.32. The summed E-state index contributed by atoms with van der Waals surface area (Å²) in [7, 11) is -2.63. The lowest BCUT2D eigenvalue weighted by Crippen LogP contribution is -2.51. The third-order valence-electron chi connectivity index (χ3n) is 6.07. The zero-order valence-electron chi connectivity index (χ0n) is 21.5. The second-order valence-electron chi connectivity index (χ2n) is 8.54. The number of ether oxygens (including phenoxy) is 1. The Morgan fingerprint density at radius 1 is 0.973 bits per heavy atom. The van der Waals surface area contributed by atoms with E-state index in [4.69, 9.17) is 4.74 Å². The van der Waals surface area contributed by atoms with Crippen molar-refractivity contribution in [1.82, 2.24) is 10.2 Å². The van der Waals surface area contributed by atoms with E-state index in [0.717, 1.165) is 15.4 Å². The van der Waals surface area contributed by atoms with Crippen LogP contribution in [0, 0.1) is 6.92 Å². The van der Waals surface area contributed by atoms with Gasteiger partial charge in [0.25, 0.3) is 10.0 Å². The SMILES string of the molecule is CCNC(=O)[C@@H](C)N(Cc1ccccc1C)C(=O)CN(c1cccc(OC)c1)S(=O)(=O)c1ccccc1. The van der Waals surface area contributed by atoms with Crippen LogP contribution in [-0.2, 0) is 26.2 Å². The van der Waals surface area contributed by atoms with Crippen LogP contribution in [0.25, 0.3) is 0 Å². The standard InChI is InChI=1S/C28H33N3O5S/c1-5-29-28(33)22(3)30(19-23-13-10-9-12-21(23)2)27(32)20-31(24-14-11-15-25(18-24)36-4)37(34,35)26-16-7-6-8-17-26/h6-18,22H,5,19-20H2,1-4H3,(H,29,33)/t22-/m1/s1. The van der Waals surface area contributed by atoms with E-state index in [2.05, 4.69) is 5.32 Å². The van der Waals surface area contributed by atoms with E-state index >= 15 is 0 Å². The maximum Gasteiger partial charge on any atom is 0.264 e. The number of methoxy groups -OCH3 is 1. The lowest BCUT2D eigenvalue weighted by Gasteiger charge is -2.32. The van der Waals surface area contributed by atoms with Gasteiger partial charge in [0.05, 0.1) is 17.7 Å². The second kappa shape index (κ2) is 12.4. The summed E-state index contributed by atoms with van der Waals surface area (Å²) in [6.45, 7) is 5.43. The molecule has 3 aromatic carbocycles. The minimum absolute atomic E-state index is 0.0489. The predicted octanol–water partition coefficient (Wildman–Crippen LogP) is 3.75. The van der Waals surface area contributed by atoms with E-state index in [1.807, 2.05) is 31.2 Å². The molecular formula is C28H33N3O5S. The van der Waals surface area contributed by atoms with Gasteiger partial charge in [-0.15, -0.1) is 0 Å². The van der Waals surface area contributed by atoms with E-state index in [9.17, 15) is 18.0 Å². The van der Waals surface area contributed by atoms with Gasteiger partial charge < -0.3 is 15.0 Å². The average molecular weight is 524 g/mol. The molecule has 0 saturated carbocycles. The molecule has 0 aliphatic heterocycles. The molecule has 2 amide bonds. The summed E-state index contributed by atoms with van der Waals surface area (Å²) in [6.07, 6.45) is 0. The molecule has 0 aromatic heterocycles. The van der Waals surface area contributed by atoms with Crippen LogP contribution < -0.4 is 14.4 Å². The molecule has 37 heavy (non-hydrogen) atoms.